The van der Waals surface area contributed by atoms with Crippen molar-refractivity contribution in [3.8, 4) is 11.6 Å². The Hall–Kier alpha value is -2.93. The summed E-state index contributed by atoms with van der Waals surface area (Å²) >= 11 is 1.20. The van der Waals surface area contributed by atoms with E-state index in [4.69, 9.17) is 4.74 Å². The van der Waals surface area contributed by atoms with Gasteiger partial charge in [-0.3, -0.25) is 10.1 Å². The molecule has 0 aliphatic carbocycles. The van der Waals surface area contributed by atoms with Crippen molar-refractivity contribution in [1.82, 2.24) is 9.97 Å². The second-order valence-corrected chi connectivity index (χ2v) is 5.98. The molecule has 0 radical (unpaired) electrons. The van der Waals surface area contributed by atoms with Crippen molar-refractivity contribution in [2.24, 2.45) is 0 Å². The Kier molecular flexibility index (Phi) is 4.72. The van der Waals surface area contributed by atoms with E-state index in [-0.39, 0.29) is 16.6 Å². The summed E-state index contributed by atoms with van der Waals surface area (Å²) in [6, 6.07) is 16.5. The van der Waals surface area contributed by atoms with Crippen molar-refractivity contribution in [3.63, 3.8) is 0 Å². The summed E-state index contributed by atoms with van der Waals surface area (Å²) in [6.07, 6.45) is 1.27. The van der Waals surface area contributed by atoms with Gasteiger partial charge in [0.1, 0.15) is 12.1 Å². The van der Waals surface area contributed by atoms with Crippen molar-refractivity contribution in [2.45, 2.75) is 16.8 Å². The number of aryl methyl sites for hydroxylation is 1. The third-order valence-corrected chi connectivity index (χ3v) is 4.13. The van der Waals surface area contributed by atoms with Crippen LogP contribution in [0.5, 0.6) is 11.6 Å². The first kappa shape index (κ1) is 15.9. The van der Waals surface area contributed by atoms with Crippen molar-refractivity contribution in [3.05, 3.63) is 76.6 Å². The van der Waals surface area contributed by atoms with Crippen LogP contribution < -0.4 is 4.74 Å². The molecule has 1 heterocycles. The largest absolute Gasteiger partial charge is 0.434 e. The topological polar surface area (TPSA) is 78.2 Å². The molecular formula is C17H13N3O3S. The van der Waals surface area contributed by atoms with Gasteiger partial charge in [-0.15, -0.1) is 0 Å². The molecule has 2 aromatic carbocycles. The van der Waals surface area contributed by atoms with Crippen LogP contribution in [0.15, 0.2) is 70.8 Å². The molecule has 0 fully saturated rings. The number of nitrogens with zero attached hydrogens (tertiary/aromatic N) is 3. The fourth-order valence-corrected chi connectivity index (χ4v) is 2.82. The van der Waals surface area contributed by atoms with Crippen molar-refractivity contribution in [1.29, 1.82) is 0 Å². The lowest BCUT2D eigenvalue weighted by atomic mass is 10.2. The van der Waals surface area contributed by atoms with Crippen LogP contribution in [0.25, 0.3) is 0 Å². The summed E-state index contributed by atoms with van der Waals surface area (Å²) in [5, 5.41) is 11.7. The number of ether oxygens (including phenoxy) is 1. The molecule has 120 valence electrons. The molecule has 0 spiro atoms. The molecule has 0 bridgehead atoms. The smallest absolute Gasteiger partial charge is 0.363 e. The highest BCUT2D eigenvalue weighted by atomic mass is 32.2. The van der Waals surface area contributed by atoms with Gasteiger partial charge >= 0.3 is 11.6 Å². The quantitative estimate of drug-likeness (QED) is 0.383. The molecule has 0 atom stereocenters. The molecule has 3 rings (SSSR count). The minimum absolute atomic E-state index is 0.0733. The highest BCUT2D eigenvalue weighted by Gasteiger charge is 2.25. The lowest BCUT2D eigenvalue weighted by Crippen LogP contribution is -2.00. The fraction of sp³-hybridized carbons (Fsp3) is 0.0588. The Morgan fingerprint density at radius 1 is 1.04 bits per heavy atom. The van der Waals surface area contributed by atoms with E-state index in [2.05, 4.69) is 9.97 Å². The second-order valence-electron chi connectivity index (χ2n) is 4.92. The van der Waals surface area contributed by atoms with Crippen LogP contribution in [0, 0.1) is 17.0 Å². The monoisotopic (exact) mass is 339 g/mol. The first-order valence-corrected chi connectivity index (χ1v) is 7.92. The van der Waals surface area contributed by atoms with Gasteiger partial charge in [0, 0.05) is 4.90 Å². The molecule has 6 nitrogen and oxygen atoms in total. The maximum Gasteiger partial charge on any atom is 0.363 e. The van der Waals surface area contributed by atoms with E-state index in [1.54, 1.807) is 24.3 Å². The highest BCUT2D eigenvalue weighted by molar-refractivity contribution is 7.99. The number of para-hydroxylation sites is 1. The van der Waals surface area contributed by atoms with E-state index in [0.717, 1.165) is 10.5 Å². The van der Waals surface area contributed by atoms with Gasteiger partial charge in [0.25, 0.3) is 0 Å². The number of hydrogen-bond acceptors (Lipinski definition) is 6. The van der Waals surface area contributed by atoms with E-state index in [9.17, 15) is 10.1 Å². The van der Waals surface area contributed by atoms with Gasteiger partial charge in [-0.25, -0.2) is 4.98 Å². The van der Waals surface area contributed by atoms with Gasteiger partial charge < -0.3 is 4.74 Å². The van der Waals surface area contributed by atoms with Crippen LogP contribution in [0.3, 0.4) is 0 Å². The Morgan fingerprint density at radius 3 is 2.42 bits per heavy atom. The number of benzene rings is 2. The van der Waals surface area contributed by atoms with E-state index in [1.165, 1.54) is 18.1 Å². The first-order valence-electron chi connectivity index (χ1n) is 7.10. The number of aromatic nitrogens is 2. The summed E-state index contributed by atoms with van der Waals surface area (Å²) in [5.74, 6) is 0.404. The summed E-state index contributed by atoms with van der Waals surface area (Å²) < 4.78 is 5.56. The minimum Gasteiger partial charge on any atom is -0.434 e. The molecule has 0 unspecified atom stereocenters. The summed E-state index contributed by atoms with van der Waals surface area (Å²) in [5.41, 5.74) is 0.872. The summed E-state index contributed by atoms with van der Waals surface area (Å²) in [4.78, 5) is 19.8. The van der Waals surface area contributed by atoms with Crippen LogP contribution >= 0.6 is 11.8 Å². The molecule has 3 aromatic rings. The third kappa shape index (κ3) is 3.69. The van der Waals surface area contributed by atoms with Crippen LogP contribution in [-0.4, -0.2) is 14.9 Å². The molecule has 0 aliphatic heterocycles. The predicted octanol–water partition coefficient (Wildman–Crippen LogP) is 4.64. The lowest BCUT2D eigenvalue weighted by molar-refractivity contribution is -0.389. The second kappa shape index (κ2) is 7.10. The third-order valence-electron chi connectivity index (χ3n) is 3.13. The normalized spacial score (nSPS) is 10.4. The lowest BCUT2D eigenvalue weighted by Gasteiger charge is -2.07. The van der Waals surface area contributed by atoms with E-state index >= 15 is 0 Å². The number of rotatable bonds is 5. The SMILES string of the molecule is Cc1ccc(Sc2ncnc(Oc3ccccc3)c2[N+](=O)[O-])cc1. The Balaban J connectivity index is 1.96. The Bertz CT molecular complexity index is 855. The fourth-order valence-electron chi connectivity index (χ4n) is 1.97. The van der Waals surface area contributed by atoms with E-state index in [0.29, 0.717) is 5.75 Å². The first-order chi connectivity index (χ1) is 11.6. The van der Waals surface area contributed by atoms with Gasteiger partial charge in [0.2, 0.25) is 0 Å². The van der Waals surface area contributed by atoms with E-state index < -0.39 is 4.92 Å². The zero-order chi connectivity index (χ0) is 16.9. The van der Waals surface area contributed by atoms with E-state index in [1.807, 2.05) is 37.3 Å². The molecule has 0 N–H and O–H groups in total. The van der Waals surface area contributed by atoms with Crippen LogP contribution in [0.1, 0.15) is 5.56 Å². The Labute approximate surface area is 142 Å². The molecule has 0 saturated carbocycles. The van der Waals surface area contributed by atoms with Crippen molar-refractivity contribution in [2.75, 3.05) is 0 Å². The molecular weight excluding hydrogens is 326 g/mol. The van der Waals surface area contributed by atoms with Gasteiger partial charge in [-0.2, -0.15) is 4.98 Å². The maximum absolute atomic E-state index is 11.5. The molecule has 24 heavy (non-hydrogen) atoms. The van der Waals surface area contributed by atoms with Gasteiger partial charge in [0.05, 0.1) is 4.92 Å². The van der Waals surface area contributed by atoms with Crippen molar-refractivity contribution >= 4 is 17.4 Å². The molecule has 0 aliphatic rings. The highest BCUT2D eigenvalue weighted by Crippen LogP contribution is 2.39. The standard InChI is InChI=1S/C17H13N3O3S/c1-12-7-9-14(10-8-12)24-17-15(20(21)22)16(18-11-19-17)23-13-5-3-2-4-6-13/h2-11H,1H3. The average Bonchev–Trinajstić information content (AvgIpc) is 2.58. The van der Waals surface area contributed by atoms with Crippen LogP contribution in [0.2, 0.25) is 0 Å². The molecule has 1 aromatic heterocycles. The predicted molar refractivity (Wildman–Crippen MR) is 90.5 cm³/mol. The van der Waals surface area contributed by atoms with Gasteiger partial charge in [-0.1, -0.05) is 47.7 Å². The summed E-state index contributed by atoms with van der Waals surface area (Å²) in [6.45, 7) is 1.98. The Morgan fingerprint density at radius 2 is 1.75 bits per heavy atom. The zero-order valence-electron chi connectivity index (χ0n) is 12.7. The van der Waals surface area contributed by atoms with Gasteiger partial charge in [0.15, 0.2) is 5.03 Å². The van der Waals surface area contributed by atoms with Crippen LogP contribution in [0.4, 0.5) is 5.69 Å². The molecule has 0 amide bonds. The number of nitro groups is 1. The maximum atomic E-state index is 11.5. The minimum atomic E-state index is -0.519. The molecule has 0 saturated heterocycles. The van der Waals surface area contributed by atoms with Crippen LogP contribution in [-0.2, 0) is 0 Å². The van der Waals surface area contributed by atoms with Gasteiger partial charge in [-0.05, 0) is 31.2 Å². The zero-order valence-corrected chi connectivity index (χ0v) is 13.6. The van der Waals surface area contributed by atoms with Crippen molar-refractivity contribution < 1.29 is 9.66 Å². The summed E-state index contributed by atoms with van der Waals surface area (Å²) in [7, 11) is 0. The molecule has 7 heteroatoms. The number of hydrogen-bond donors (Lipinski definition) is 0. The average molecular weight is 339 g/mol.